The maximum Gasteiger partial charge on any atom is 0.330 e. The smallest absolute Gasteiger partial charge is 0.330 e. The van der Waals surface area contributed by atoms with Crippen molar-refractivity contribution in [3.63, 3.8) is 0 Å². The van der Waals surface area contributed by atoms with Gasteiger partial charge in [-0.25, -0.2) is 4.79 Å². The Balaban J connectivity index is 1.49. The lowest BCUT2D eigenvalue weighted by Gasteiger charge is -2.58. The van der Waals surface area contributed by atoms with Gasteiger partial charge in [0.1, 0.15) is 6.61 Å². The van der Waals surface area contributed by atoms with Gasteiger partial charge < -0.3 is 4.74 Å². The molecule has 0 spiro atoms. The molecule has 1 heterocycles. The van der Waals surface area contributed by atoms with Gasteiger partial charge in [-0.15, -0.1) is 0 Å². The highest BCUT2D eigenvalue weighted by Gasteiger charge is 2.59. The summed E-state index contributed by atoms with van der Waals surface area (Å²) in [6.45, 7) is 12.9. The SMILES string of the molecule is CC(C)CCC[C@@H](C)[C@H]1CC[C@H]2[C@@H]3CCC4=CC(=O)OC[C@]4(C)[C@H]3CC[C@]12C. The van der Waals surface area contributed by atoms with E-state index in [1.165, 1.54) is 56.9 Å². The van der Waals surface area contributed by atoms with E-state index >= 15 is 0 Å². The van der Waals surface area contributed by atoms with Crippen LogP contribution >= 0.6 is 0 Å². The summed E-state index contributed by atoms with van der Waals surface area (Å²) in [6.07, 6.45) is 14.1. The van der Waals surface area contributed by atoms with E-state index in [1.807, 2.05) is 6.08 Å². The van der Waals surface area contributed by atoms with Crippen LogP contribution in [-0.4, -0.2) is 12.6 Å². The predicted molar refractivity (Wildman–Crippen MR) is 115 cm³/mol. The minimum Gasteiger partial charge on any atom is -0.462 e. The maximum absolute atomic E-state index is 11.8. The van der Waals surface area contributed by atoms with Crippen molar-refractivity contribution < 1.29 is 9.53 Å². The van der Waals surface area contributed by atoms with Crippen LogP contribution in [0.4, 0.5) is 0 Å². The van der Waals surface area contributed by atoms with Gasteiger partial charge in [0.05, 0.1) is 0 Å². The molecule has 3 fully saturated rings. The molecule has 2 heteroatoms. The number of hydrogen-bond acceptors (Lipinski definition) is 2. The number of carbonyl (C=O) groups is 1. The first kappa shape index (κ1) is 20.5. The van der Waals surface area contributed by atoms with Gasteiger partial charge in [-0.05, 0) is 79.4 Å². The molecule has 4 aliphatic rings. The third kappa shape index (κ3) is 3.27. The standard InChI is InChI=1S/C26H42O2/c1-17(2)7-6-8-18(3)21-11-12-22-20-10-9-19-15-24(27)28-16-26(19,5)23(20)13-14-25(21,22)4/h15,17-18,20-23H,6-14,16H2,1-5H3/t18-,20+,21-,22+,23+,25-,26+/m1/s1. The van der Waals surface area contributed by atoms with E-state index in [2.05, 4.69) is 34.6 Å². The number of ether oxygens (including phenoxy) is 1. The molecule has 28 heavy (non-hydrogen) atoms. The third-order valence-corrected chi connectivity index (χ3v) is 9.74. The number of cyclic esters (lactones) is 1. The van der Waals surface area contributed by atoms with Crippen LogP contribution in [-0.2, 0) is 9.53 Å². The highest BCUT2D eigenvalue weighted by Crippen LogP contribution is 2.66. The van der Waals surface area contributed by atoms with E-state index in [0.29, 0.717) is 17.9 Å². The fourth-order valence-electron chi connectivity index (χ4n) is 8.19. The summed E-state index contributed by atoms with van der Waals surface area (Å²) in [5.41, 5.74) is 2.05. The Morgan fingerprint density at radius 1 is 1.07 bits per heavy atom. The molecular formula is C26H42O2. The predicted octanol–water partition coefficient (Wildman–Crippen LogP) is 6.79. The lowest BCUT2D eigenvalue weighted by molar-refractivity contribution is -0.148. The molecule has 7 atom stereocenters. The Hall–Kier alpha value is -0.790. The minimum atomic E-state index is -0.109. The molecule has 2 nitrogen and oxygen atoms in total. The van der Waals surface area contributed by atoms with Crippen LogP contribution in [0.15, 0.2) is 11.6 Å². The Labute approximate surface area is 172 Å². The molecule has 4 rings (SSSR count). The van der Waals surface area contributed by atoms with Crippen molar-refractivity contribution in [3.05, 3.63) is 11.6 Å². The highest BCUT2D eigenvalue weighted by atomic mass is 16.5. The first-order valence-electron chi connectivity index (χ1n) is 12.1. The summed E-state index contributed by atoms with van der Waals surface area (Å²) in [6, 6.07) is 0. The Kier molecular flexibility index (Phi) is 5.47. The summed E-state index contributed by atoms with van der Waals surface area (Å²) in [7, 11) is 0. The van der Waals surface area contributed by atoms with Crippen molar-refractivity contribution in [1.29, 1.82) is 0 Å². The number of esters is 1. The maximum atomic E-state index is 11.8. The number of rotatable bonds is 5. The van der Waals surface area contributed by atoms with Crippen LogP contribution in [0.25, 0.3) is 0 Å². The molecule has 0 aromatic rings. The molecular weight excluding hydrogens is 344 g/mol. The van der Waals surface area contributed by atoms with Gasteiger partial charge in [0, 0.05) is 11.5 Å². The van der Waals surface area contributed by atoms with E-state index in [1.54, 1.807) is 0 Å². The van der Waals surface area contributed by atoms with Crippen molar-refractivity contribution in [2.75, 3.05) is 6.61 Å². The van der Waals surface area contributed by atoms with Crippen LogP contribution in [0.1, 0.15) is 92.4 Å². The lowest BCUT2D eigenvalue weighted by Crippen LogP contribution is -2.52. The summed E-state index contributed by atoms with van der Waals surface area (Å²) in [5.74, 6) is 4.96. The van der Waals surface area contributed by atoms with Gasteiger partial charge >= 0.3 is 5.97 Å². The van der Waals surface area contributed by atoms with Crippen LogP contribution in [0.3, 0.4) is 0 Å². The van der Waals surface area contributed by atoms with Crippen LogP contribution in [0.2, 0.25) is 0 Å². The summed E-state index contributed by atoms with van der Waals surface area (Å²) in [4.78, 5) is 11.8. The van der Waals surface area contributed by atoms with Gasteiger partial charge in [-0.1, -0.05) is 59.5 Å². The zero-order valence-electron chi connectivity index (χ0n) is 18.9. The fourth-order valence-corrected chi connectivity index (χ4v) is 8.19. The van der Waals surface area contributed by atoms with Gasteiger partial charge in [-0.3, -0.25) is 0 Å². The van der Waals surface area contributed by atoms with Crippen molar-refractivity contribution in [3.8, 4) is 0 Å². The zero-order valence-corrected chi connectivity index (χ0v) is 18.9. The van der Waals surface area contributed by atoms with Crippen molar-refractivity contribution >= 4 is 5.97 Å². The van der Waals surface area contributed by atoms with Gasteiger partial charge in [0.25, 0.3) is 0 Å². The number of hydrogen-bond donors (Lipinski definition) is 0. The molecule has 3 saturated carbocycles. The normalized spacial score (nSPS) is 43.6. The van der Waals surface area contributed by atoms with Crippen molar-refractivity contribution in [2.45, 2.75) is 92.4 Å². The van der Waals surface area contributed by atoms with E-state index in [0.717, 1.165) is 36.0 Å². The minimum absolute atomic E-state index is 0.109. The van der Waals surface area contributed by atoms with E-state index < -0.39 is 0 Å². The topological polar surface area (TPSA) is 26.3 Å². The molecule has 1 aliphatic heterocycles. The van der Waals surface area contributed by atoms with E-state index in [4.69, 9.17) is 4.74 Å². The highest BCUT2D eigenvalue weighted by molar-refractivity contribution is 5.84. The largest absolute Gasteiger partial charge is 0.462 e. The fraction of sp³-hybridized carbons (Fsp3) is 0.885. The second-order valence-electron chi connectivity index (χ2n) is 11.6. The van der Waals surface area contributed by atoms with Crippen molar-refractivity contribution in [1.82, 2.24) is 0 Å². The lowest BCUT2D eigenvalue weighted by atomic mass is 9.47. The Morgan fingerprint density at radius 2 is 1.86 bits per heavy atom. The number of carbonyl (C=O) groups excluding carboxylic acids is 1. The average molecular weight is 387 g/mol. The summed E-state index contributed by atoms with van der Waals surface area (Å²) < 4.78 is 5.54. The summed E-state index contributed by atoms with van der Waals surface area (Å²) in [5, 5.41) is 0. The monoisotopic (exact) mass is 386 g/mol. The Morgan fingerprint density at radius 3 is 2.61 bits per heavy atom. The van der Waals surface area contributed by atoms with E-state index in [-0.39, 0.29) is 11.4 Å². The second-order valence-corrected chi connectivity index (χ2v) is 11.6. The second kappa shape index (κ2) is 7.47. The first-order chi connectivity index (χ1) is 13.3. The molecule has 158 valence electrons. The van der Waals surface area contributed by atoms with E-state index in [9.17, 15) is 4.79 Å². The van der Waals surface area contributed by atoms with Gasteiger partial charge in [0.15, 0.2) is 0 Å². The average Bonchev–Trinajstić information content (AvgIpc) is 2.99. The molecule has 0 unspecified atom stereocenters. The third-order valence-electron chi connectivity index (χ3n) is 9.74. The summed E-state index contributed by atoms with van der Waals surface area (Å²) >= 11 is 0. The molecule has 0 amide bonds. The van der Waals surface area contributed by atoms with Gasteiger partial charge in [-0.2, -0.15) is 0 Å². The molecule has 0 aromatic carbocycles. The van der Waals surface area contributed by atoms with Crippen molar-refractivity contribution in [2.24, 2.45) is 46.3 Å². The number of fused-ring (bicyclic) bond motifs is 5. The molecule has 0 aromatic heterocycles. The molecule has 0 N–H and O–H groups in total. The molecule has 0 radical (unpaired) electrons. The van der Waals surface area contributed by atoms with Gasteiger partial charge in [0.2, 0.25) is 0 Å². The first-order valence-corrected chi connectivity index (χ1v) is 12.1. The zero-order chi connectivity index (χ0) is 20.1. The van der Waals surface area contributed by atoms with Crippen LogP contribution in [0.5, 0.6) is 0 Å². The quantitative estimate of drug-likeness (QED) is 0.486. The van der Waals surface area contributed by atoms with Crippen LogP contribution < -0.4 is 0 Å². The molecule has 3 aliphatic carbocycles. The Bertz CT molecular complexity index is 634. The van der Waals surface area contributed by atoms with Crippen LogP contribution in [0, 0.1) is 46.3 Å². The molecule has 0 saturated heterocycles. The molecule has 0 bridgehead atoms.